The van der Waals surface area contributed by atoms with Crippen LogP contribution in [0.15, 0.2) is 36.5 Å². The number of hydrogen-bond donors (Lipinski definition) is 1. The van der Waals surface area contributed by atoms with E-state index in [2.05, 4.69) is 15.0 Å². The summed E-state index contributed by atoms with van der Waals surface area (Å²) >= 11 is 0. The Kier molecular flexibility index (Phi) is 4.57. The molecule has 0 amide bonds. The highest BCUT2D eigenvalue weighted by atomic mass is 16.3. The second-order valence-electron chi connectivity index (χ2n) is 7.05. The van der Waals surface area contributed by atoms with Crippen molar-refractivity contribution in [2.75, 3.05) is 32.1 Å². The van der Waals surface area contributed by atoms with Crippen LogP contribution in [0.3, 0.4) is 0 Å². The van der Waals surface area contributed by atoms with Crippen LogP contribution in [0.2, 0.25) is 0 Å². The van der Waals surface area contributed by atoms with Crippen molar-refractivity contribution in [2.45, 2.75) is 25.6 Å². The van der Waals surface area contributed by atoms with Gasteiger partial charge in [-0.2, -0.15) is 5.10 Å². The van der Waals surface area contributed by atoms with Gasteiger partial charge in [0, 0.05) is 19.6 Å². The Balaban J connectivity index is 1.59. The van der Waals surface area contributed by atoms with Gasteiger partial charge in [-0.1, -0.05) is 12.1 Å². The molecule has 0 bridgehead atoms. The molecular formula is C19H24N6O. The molecule has 136 valence electrons. The second-order valence-corrected chi connectivity index (χ2v) is 7.05. The largest absolute Gasteiger partial charge is 0.385 e. The van der Waals surface area contributed by atoms with E-state index >= 15 is 0 Å². The molecule has 1 atom stereocenters. The van der Waals surface area contributed by atoms with Gasteiger partial charge in [0.05, 0.1) is 35.2 Å². The van der Waals surface area contributed by atoms with Crippen LogP contribution in [0.5, 0.6) is 0 Å². The summed E-state index contributed by atoms with van der Waals surface area (Å²) in [6, 6.07) is 9.94. The Morgan fingerprint density at radius 1 is 1.19 bits per heavy atom. The maximum Gasteiger partial charge on any atom is 0.148 e. The summed E-state index contributed by atoms with van der Waals surface area (Å²) < 4.78 is 2.02. The fourth-order valence-corrected chi connectivity index (χ4v) is 3.38. The number of aryl methyl sites for hydroxylation is 1. The van der Waals surface area contributed by atoms with Gasteiger partial charge in [0.15, 0.2) is 0 Å². The van der Waals surface area contributed by atoms with Crippen LogP contribution in [0.25, 0.3) is 11.0 Å². The molecule has 0 unspecified atom stereocenters. The van der Waals surface area contributed by atoms with Crippen molar-refractivity contribution >= 4 is 16.9 Å². The highest BCUT2D eigenvalue weighted by molar-refractivity contribution is 5.75. The van der Waals surface area contributed by atoms with Crippen molar-refractivity contribution in [2.24, 2.45) is 0 Å². The van der Waals surface area contributed by atoms with E-state index in [-0.39, 0.29) is 0 Å². The van der Waals surface area contributed by atoms with E-state index < -0.39 is 6.10 Å². The number of nitrogens with zero attached hydrogens (tertiary/aromatic N) is 6. The van der Waals surface area contributed by atoms with E-state index in [0.29, 0.717) is 13.1 Å². The number of rotatable bonds is 4. The molecule has 7 heteroatoms. The molecule has 0 aliphatic carbocycles. The normalized spacial score (nSPS) is 15.9. The predicted molar refractivity (Wildman–Crippen MR) is 101 cm³/mol. The van der Waals surface area contributed by atoms with Crippen molar-refractivity contribution < 1.29 is 5.11 Å². The zero-order chi connectivity index (χ0) is 18.1. The van der Waals surface area contributed by atoms with Crippen LogP contribution in [0.1, 0.15) is 23.9 Å². The molecule has 0 radical (unpaired) electrons. The van der Waals surface area contributed by atoms with Gasteiger partial charge in [-0.15, -0.1) is 0 Å². The molecule has 4 rings (SSSR count). The van der Waals surface area contributed by atoms with Gasteiger partial charge in [-0.25, -0.2) is 4.98 Å². The Labute approximate surface area is 152 Å². The number of aromatic nitrogens is 4. The number of fused-ring (bicyclic) bond motifs is 2. The minimum atomic E-state index is -0.571. The molecule has 7 nitrogen and oxygen atoms in total. The Morgan fingerprint density at radius 3 is 2.81 bits per heavy atom. The number of para-hydroxylation sites is 2. The first kappa shape index (κ1) is 16.9. The van der Waals surface area contributed by atoms with Gasteiger partial charge in [-0.05, 0) is 38.7 Å². The van der Waals surface area contributed by atoms with Crippen LogP contribution in [-0.2, 0) is 13.1 Å². The summed E-state index contributed by atoms with van der Waals surface area (Å²) in [5, 5.41) is 15.0. The lowest BCUT2D eigenvalue weighted by Gasteiger charge is -2.21. The Hall–Kier alpha value is -2.51. The van der Waals surface area contributed by atoms with Crippen LogP contribution in [0, 0.1) is 0 Å². The van der Waals surface area contributed by atoms with Gasteiger partial charge >= 0.3 is 0 Å². The predicted octanol–water partition coefficient (Wildman–Crippen LogP) is 1.83. The van der Waals surface area contributed by atoms with Crippen LogP contribution in [-0.4, -0.2) is 56.9 Å². The quantitative estimate of drug-likeness (QED) is 0.772. The van der Waals surface area contributed by atoms with Crippen molar-refractivity contribution in [3.8, 4) is 0 Å². The van der Waals surface area contributed by atoms with Crippen LogP contribution in [0.4, 0.5) is 5.82 Å². The molecule has 3 aromatic rings. The van der Waals surface area contributed by atoms with Crippen LogP contribution < -0.4 is 4.90 Å². The monoisotopic (exact) mass is 352 g/mol. The highest BCUT2D eigenvalue weighted by Crippen LogP contribution is 2.23. The lowest BCUT2D eigenvalue weighted by molar-refractivity contribution is 0.133. The first-order valence-electron chi connectivity index (χ1n) is 8.96. The van der Waals surface area contributed by atoms with E-state index in [1.165, 1.54) is 0 Å². The van der Waals surface area contributed by atoms with E-state index in [0.717, 1.165) is 47.7 Å². The lowest BCUT2D eigenvalue weighted by atomic mass is 10.2. The Bertz CT molecular complexity index is 906. The van der Waals surface area contributed by atoms with Crippen LogP contribution >= 0.6 is 0 Å². The maximum absolute atomic E-state index is 10.4. The van der Waals surface area contributed by atoms with Crippen molar-refractivity contribution in [1.82, 2.24) is 24.6 Å². The molecule has 0 spiro atoms. The van der Waals surface area contributed by atoms with E-state index in [4.69, 9.17) is 4.98 Å². The molecule has 1 aliphatic rings. The van der Waals surface area contributed by atoms with E-state index in [1.807, 2.05) is 60.2 Å². The molecule has 0 saturated heterocycles. The molecule has 0 saturated carbocycles. The van der Waals surface area contributed by atoms with Gasteiger partial charge in [-0.3, -0.25) is 9.67 Å². The summed E-state index contributed by atoms with van der Waals surface area (Å²) in [5.74, 6) is 0.883. The number of hydrogen-bond acceptors (Lipinski definition) is 6. The molecule has 0 fully saturated rings. The zero-order valence-electron chi connectivity index (χ0n) is 15.2. The highest BCUT2D eigenvalue weighted by Gasteiger charge is 2.21. The molecule has 26 heavy (non-hydrogen) atoms. The summed E-state index contributed by atoms with van der Waals surface area (Å²) in [4.78, 5) is 13.5. The topological polar surface area (TPSA) is 70.3 Å². The minimum Gasteiger partial charge on any atom is -0.385 e. The van der Waals surface area contributed by atoms with Crippen molar-refractivity contribution in [3.05, 3.63) is 47.9 Å². The van der Waals surface area contributed by atoms with Gasteiger partial charge in [0.2, 0.25) is 0 Å². The smallest absolute Gasteiger partial charge is 0.148 e. The first-order chi connectivity index (χ1) is 12.6. The number of likely N-dealkylation sites (N-methyl/N-ethyl adjacent to an activating group) is 1. The fourth-order valence-electron chi connectivity index (χ4n) is 3.38. The molecule has 1 aliphatic heterocycles. The molecular weight excluding hydrogens is 328 g/mol. The second kappa shape index (κ2) is 7.01. The number of aliphatic hydroxyl groups is 1. The average Bonchev–Trinajstić information content (AvgIpc) is 2.93. The summed E-state index contributed by atoms with van der Waals surface area (Å²) in [5.41, 5.74) is 3.65. The van der Waals surface area contributed by atoms with Gasteiger partial charge in [0.1, 0.15) is 11.9 Å². The lowest BCUT2D eigenvalue weighted by Crippen LogP contribution is -2.23. The average molecular weight is 352 g/mol. The number of aliphatic hydroxyl groups excluding tert-OH is 1. The molecule has 1 N–H and O–H groups in total. The fraction of sp³-hybridized carbons (Fsp3) is 0.421. The summed E-state index contributed by atoms with van der Waals surface area (Å²) in [7, 11) is 3.90. The summed E-state index contributed by atoms with van der Waals surface area (Å²) in [6.07, 6.45) is 2.25. The third kappa shape index (κ3) is 3.40. The number of anilines is 1. The van der Waals surface area contributed by atoms with Crippen molar-refractivity contribution in [1.29, 1.82) is 0 Å². The summed E-state index contributed by atoms with van der Waals surface area (Å²) in [6.45, 7) is 3.04. The maximum atomic E-state index is 10.4. The number of benzene rings is 1. The van der Waals surface area contributed by atoms with E-state index in [9.17, 15) is 5.11 Å². The van der Waals surface area contributed by atoms with Crippen molar-refractivity contribution in [3.63, 3.8) is 0 Å². The standard InChI is InChI=1S/C19H24N6O/c1-23(2)13-18(26)17-10-14-12-24(8-5-9-25(14)22-17)19-11-20-15-6-3-4-7-16(15)21-19/h3-4,6-7,10-11,18,26H,5,8-9,12-13H2,1-2H3/t18-/m1/s1. The Morgan fingerprint density at radius 2 is 2.00 bits per heavy atom. The molecule has 3 heterocycles. The molecule has 2 aromatic heterocycles. The minimum absolute atomic E-state index is 0.566. The third-order valence-electron chi connectivity index (χ3n) is 4.67. The zero-order valence-corrected chi connectivity index (χ0v) is 15.2. The third-order valence-corrected chi connectivity index (χ3v) is 4.67. The first-order valence-corrected chi connectivity index (χ1v) is 8.96. The molecule has 1 aromatic carbocycles. The van der Waals surface area contributed by atoms with Gasteiger partial charge < -0.3 is 14.9 Å². The SMILES string of the molecule is CN(C)C[C@@H](O)c1cc2n(n1)CCCN(c1cnc3ccccc3n1)C2. The van der Waals surface area contributed by atoms with E-state index in [1.54, 1.807) is 0 Å². The van der Waals surface area contributed by atoms with Gasteiger partial charge in [0.25, 0.3) is 0 Å².